The summed E-state index contributed by atoms with van der Waals surface area (Å²) in [5.41, 5.74) is -1.25. The molecule has 2 aromatic heterocycles. The Kier molecular flexibility index (Phi) is 12.2. The molecule has 44 heavy (non-hydrogen) atoms. The van der Waals surface area contributed by atoms with E-state index >= 15 is 0 Å². The minimum Gasteiger partial charge on any atom is -0.452 e. The third kappa shape index (κ3) is 8.58. The number of nitrogens with zero attached hydrogens (tertiary/aromatic N) is 4. The van der Waals surface area contributed by atoms with E-state index < -0.39 is 48.7 Å². The number of terminal acetylenes is 1. The lowest BCUT2D eigenvalue weighted by atomic mass is 9.99. The largest absolute Gasteiger partial charge is 0.508 e. The van der Waals surface area contributed by atoms with Crippen molar-refractivity contribution in [2.45, 2.75) is 114 Å². The number of fused-ring (bicyclic) bond motifs is 1. The first kappa shape index (κ1) is 33.4. The Labute approximate surface area is 261 Å². The van der Waals surface area contributed by atoms with Gasteiger partial charge in [-0.1, -0.05) is 70.6 Å². The van der Waals surface area contributed by atoms with E-state index in [1.807, 2.05) is 0 Å². The number of aromatic nitrogens is 4. The number of amides is 1. The van der Waals surface area contributed by atoms with E-state index in [0.717, 1.165) is 19.3 Å². The average molecular weight is 634 g/mol. The van der Waals surface area contributed by atoms with Crippen molar-refractivity contribution in [2.75, 3.05) is 18.5 Å². The molecule has 1 amide bonds. The zero-order valence-corrected chi connectivity index (χ0v) is 25.7. The minimum atomic E-state index is -1.64. The highest BCUT2D eigenvalue weighted by Crippen LogP contribution is 2.38. The third-order valence-electron chi connectivity index (χ3n) is 7.80. The van der Waals surface area contributed by atoms with Crippen molar-refractivity contribution in [3.8, 4) is 12.3 Å². The fourth-order valence-corrected chi connectivity index (χ4v) is 5.44. The van der Waals surface area contributed by atoms with Gasteiger partial charge >= 0.3 is 12.1 Å². The van der Waals surface area contributed by atoms with E-state index in [1.54, 1.807) is 0 Å². The highest BCUT2D eigenvalue weighted by molar-refractivity contribution is 6.28. The number of carbonyl (C=O) groups excluding carboxylic acids is 3. The van der Waals surface area contributed by atoms with E-state index in [2.05, 4.69) is 33.1 Å². The monoisotopic (exact) mass is 633 g/mol. The summed E-state index contributed by atoms with van der Waals surface area (Å²) in [7, 11) is 0. The van der Waals surface area contributed by atoms with Gasteiger partial charge in [0.2, 0.25) is 5.28 Å². The number of ether oxygens (including phenoxy) is 4. The number of cyclic esters (lactones) is 1. The zero-order chi connectivity index (χ0) is 31.5. The van der Waals surface area contributed by atoms with E-state index in [4.69, 9.17) is 37.0 Å². The van der Waals surface area contributed by atoms with Gasteiger partial charge in [0, 0.05) is 19.3 Å². The van der Waals surface area contributed by atoms with Crippen molar-refractivity contribution in [3.05, 3.63) is 11.6 Å². The number of nitrogens with one attached hydrogen (secondary N) is 1. The number of anilines is 1. The Morgan fingerprint density at radius 3 is 2.52 bits per heavy atom. The second-order valence-corrected chi connectivity index (χ2v) is 11.4. The smallest absolute Gasteiger partial charge is 0.452 e. The number of carbonyl (C=O) groups is 3. The molecule has 0 saturated carbocycles. The van der Waals surface area contributed by atoms with E-state index in [1.165, 1.54) is 55.8 Å². The van der Waals surface area contributed by atoms with Crippen LogP contribution in [0.3, 0.4) is 0 Å². The molecule has 4 atom stereocenters. The third-order valence-corrected chi connectivity index (χ3v) is 7.97. The summed E-state index contributed by atoms with van der Waals surface area (Å²) in [6.45, 7) is 2.02. The fraction of sp³-hybridized carbons (Fsp3) is 0.667. The van der Waals surface area contributed by atoms with Gasteiger partial charge in [0.25, 0.3) is 5.91 Å². The van der Waals surface area contributed by atoms with Crippen molar-refractivity contribution < 1.29 is 38.4 Å². The molecule has 4 rings (SSSR count). The molecule has 0 radical (unpaired) electrons. The average Bonchev–Trinajstić information content (AvgIpc) is 3.72. The fourth-order valence-electron chi connectivity index (χ4n) is 5.27. The molecule has 13 nitrogen and oxygen atoms in total. The summed E-state index contributed by atoms with van der Waals surface area (Å²) < 4.78 is 22.9. The van der Waals surface area contributed by atoms with Crippen LogP contribution in [0.15, 0.2) is 6.33 Å². The molecule has 0 bridgehead atoms. The number of esters is 1. The zero-order valence-electron chi connectivity index (χ0n) is 25.0. The van der Waals surface area contributed by atoms with E-state index in [0.29, 0.717) is 0 Å². The molecule has 14 heteroatoms. The summed E-state index contributed by atoms with van der Waals surface area (Å²) in [6, 6.07) is 0. The molecule has 0 aromatic carbocycles. The minimum absolute atomic E-state index is 0.0157. The Bertz CT molecular complexity index is 1350. The molecule has 2 saturated heterocycles. The second-order valence-electron chi connectivity index (χ2n) is 11.1. The molecule has 2 aliphatic heterocycles. The van der Waals surface area contributed by atoms with Crippen LogP contribution in [0.1, 0.15) is 96.6 Å². The van der Waals surface area contributed by atoms with Crippen LogP contribution in [0, 0.1) is 12.3 Å². The summed E-state index contributed by atoms with van der Waals surface area (Å²) in [4.78, 5) is 48.8. The predicted molar refractivity (Wildman–Crippen MR) is 160 cm³/mol. The second kappa shape index (κ2) is 16.0. The van der Waals surface area contributed by atoms with Gasteiger partial charge in [-0.2, -0.15) is 9.97 Å². The molecule has 240 valence electrons. The van der Waals surface area contributed by atoms with Gasteiger partial charge in [-0.15, -0.1) is 6.42 Å². The van der Waals surface area contributed by atoms with E-state index in [9.17, 15) is 19.5 Å². The Hall–Kier alpha value is -3.47. The van der Waals surface area contributed by atoms with Crippen LogP contribution < -0.4 is 5.32 Å². The van der Waals surface area contributed by atoms with Gasteiger partial charge < -0.3 is 29.4 Å². The maximum atomic E-state index is 12.6. The number of hydrogen-bond acceptors (Lipinski definition) is 11. The molecule has 2 N–H and O–H groups in total. The molecular weight excluding hydrogens is 594 g/mol. The molecule has 2 fully saturated rings. The first-order chi connectivity index (χ1) is 21.3. The SMILES string of the molecule is C#C[C@]1(COC(=O)OCCCCCCCCCCCC)OC(n2cnc3c(NC(=O)[C@H]4CCC(=O)O4)nc(Cl)nc32)C[C@@H]1O. The topological polar surface area (TPSA) is 164 Å². The lowest BCUT2D eigenvalue weighted by Crippen LogP contribution is -2.43. The van der Waals surface area contributed by atoms with Crippen molar-refractivity contribution in [1.82, 2.24) is 19.5 Å². The lowest BCUT2D eigenvalue weighted by molar-refractivity contribution is -0.146. The van der Waals surface area contributed by atoms with Gasteiger partial charge in [0.15, 0.2) is 28.7 Å². The van der Waals surface area contributed by atoms with Crippen LogP contribution in [0.4, 0.5) is 10.6 Å². The van der Waals surface area contributed by atoms with Gasteiger partial charge in [0.05, 0.1) is 12.9 Å². The van der Waals surface area contributed by atoms with Crippen LogP contribution in [0.25, 0.3) is 11.2 Å². The molecule has 2 aromatic rings. The highest BCUT2D eigenvalue weighted by atomic mass is 35.5. The normalized spacial score (nSPS) is 23.0. The molecule has 2 aliphatic rings. The summed E-state index contributed by atoms with van der Waals surface area (Å²) in [5, 5.41) is 13.2. The van der Waals surface area contributed by atoms with Gasteiger partial charge in [-0.3, -0.25) is 14.2 Å². The quantitative estimate of drug-likeness (QED) is 0.112. The predicted octanol–water partition coefficient (Wildman–Crippen LogP) is 4.85. The summed E-state index contributed by atoms with van der Waals surface area (Å²) in [5.74, 6) is 1.41. The van der Waals surface area contributed by atoms with Crippen molar-refractivity contribution in [1.29, 1.82) is 0 Å². The van der Waals surface area contributed by atoms with Crippen molar-refractivity contribution >= 4 is 46.6 Å². The standard InChI is InChI=1S/C30H40ClN5O8/c1-3-5-6-7-8-9-10-11-12-13-16-41-29(40)42-18-30(4-2)21(37)17-22(44-30)36-19-32-24-25(34-28(31)35-26(24)36)33-27(39)20-14-15-23(38)43-20/h2,19-22,37H,3,5-18H2,1H3,(H,33,34,35,39)/t20-,21+,22?,30-/m1/s1. The number of aliphatic hydroxyl groups is 1. The Morgan fingerprint density at radius 1 is 1.16 bits per heavy atom. The summed E-state index contributed by atoms with van der Waals surface area (Å²) >= 11 is 6.13. The van der Waals surface area contributed by atoms with Crippen molar-refractivity contribution in [3.63, 3.8) is 0 Å². The molecular formula is C30H40ClN5O8. The molecule has 4 heterocycles. The van der Waals surface area contributed by atoms with Gasteiger partial charge in [-0.25, -0.2) is 9.78 Å². The Morgan fingerprint density at radius 2 is 1.86 bits per heavy atom. The number of halogens is 1. The lowest BCUT2D eigenvalue weighted by Gasteiger charge is -2.25. The first-order valence-corrected chi connectivity index (χ1v) is 15.7. The van der Waals surface area contributed by atoms with Crippen molar-refractivity contribution in [2.24, 2.45) is 0 Å². The Balaban J connectivity index is 1.27. The van der Waals surface area contributed by atoms with Crippen LogP contribution in [-0.4, -0.2) is 73.7 Å². The van der Waals surface area contributed by atoms with Crippen LogP contribution >= 0.6 is 11.6 Å². The number of imidazole rings is 1. The van der Waals surface area contributed by atoms with Crippen LogP contribution in [0.2, 0.25) is 5.28 Å². The number of unbranched alkanes of at least 4 members (excludes halogenated alkanes) is 9. The van der Waals surface area contributed by atoms with E-state index in [-0.39, 0.29) is 48.1 Å². The van der Waals surface area contributed by atoms with Gasteiger partial charge in [0.1, 0.15) is 18.9 Å². The van der Waals surface area contributed by atoms with Crippen LogP contribution in [0.5, 0.6) is 0 Å². The number of hydrogen-bond donors (Lipinski definition) is 2. The van der Waals surface area contributed by atoms with Gasteiger partial charge in [-0.05, 0) is 18.0 Å². The molecule has 0 spiro atoms. The maximum absolute atomic E-state index is 12.6. The molecule has 0 aliphatic carbocycles. The number of aliphatic hydroxyl groups excluding tert-OH is 1. The molecule has 1 unspecified atom stereocenters. The first-order valence-electron chi connectivity index (χ1n) is 15.3. The maximum Gasteiger partial charge on any atom is 0.508 e. The number of rotatable bonds is 16. The highest BCUT2D eigenvalue weighted by Gasteiger charge is 2.49. The summed E-state index contributed by atoms with van der Waals surface area (Å²) in [6.07, 6.45) is 15.3. The van der Waals surface area contributed by atoms with Crippen LogP contribution in [-0.2, 0) is 28.5 Å².